The number of hydrogen-bond acceptors (Lipinski definition) is 3. The van der Waals surface area contributed by atoms with Gasteiger partial charge in [0, 0.05) is 23.4 Å². The summed E-state index contributed by atoms with van der Waals surface area (Å²) in [6, 6.07) is 9.00. The van der Waals surface area contributed by atoms with E-state index in [-0.39, 0.29) is 5.91 Å². The van der Waals surface area contributed by atoms with E-state index in [4.69, 9.17) is 5.73 Å². The maximum absolute atomic E-state index is 12.0. The second-order valence-electron chi connectivity index (χ2n) is 3.75. The number of hydrogen-bond donors (Lipinski definition) is 2. The fourth-order valence-corrected chi connectivity index (χ4v) is 1.88. The van der Waals surface area contributed by atoms with Crippen LogP contribution in [0.1, 0.15) is 15.9 Å². The number of amides is 1. The number of aromatic nitrogens is 1. The molecule has 0 radical (unpaired) electrons. The fraction of sp³-hybridized carbons (Fsp3) is 0.0769. The minimum atomic E-state index is -0.197. The molecule has 0 aliphatic heterocycles. The van der Waals surface area contributed by atoms with E-state index < -0.39 is 0 Å². The summed E-state index contributed by atoms with van der Waals surface area (Å²) in [6.07, 6.45) is 3.40. The van der Waals surface area contributed by atoms with E-state index in [1.807, 2.05) is 12.1 Å². The molecule has 1 heterocycles. The van der Waals surface area contributed by atoms with Crippen molar-refractivity contribution in [2.24, 2.45) is 0 Å². The summed E-state index contributed by atoms with van der Waals surface area (Å²) in [5.41, 5.74) is 7.69. The average molecular weight is 306 g/mol. The molecule has 0 bridgehead atoms. The molecule has 5 heteroatoms. The van der Waals surface area contributed by atoms with Crippen molar-refractivity contribution in [1.82, 2.24) is 10.3 Å². The molecule has 2 aromatic rings. The maximum Gasteiger partial charge on any atom is 0.253 e. The Labute approximate surface area is 113 Å². The van der Waals surface area contributed by atoms with Crippen LogP contribution in [0.3, 0.4) is 0 Å². The predicted molar refractivity (Wildman–Crippen MR) is 74.0 cm³/mol. The third kappa shape index (κ3) is 2.87. The number of benzene rings is 1. The topological polar surface area (TPSA) is 68.0 Å². The predicted octanol–water partition coefficient (Wildman–Crippen LogP) is 2.36. The molecule has 0 saturated heterocycles. The van der Waals surface area contributed by atoms with Gasteiger partial charge in [0.2, 0.25) is 0 Å². The minimum Gasteiger partial charge on any atom is -0.397 e. The normalized spacial score (nSPS) is 10.1. The second-order valence-corrected chi connectivity index (χ2v) is 4.60. The third-order valence-corrected chi connectivity index (χ3v) is 3.16. The first-order valence-electron chi connectivity index (χ1n) is 5.39. The largest absolute Gasteiger partial charge is 0.397 e. The lowest BCUT2D eigenvalue weighted by atomic mass is 10.1. The number of halogens is 1. The lowest BCUT2D eigenvalue weighted by molar-refractivity contribution is 0.0951. The fourth-order valence-electron chi connectivity index (χ4n) is 1.52. The van der Waals surface area contributed by atoms with Crippen LogP contribution in [-0.2, 0) is 6.54 Å². The van der Waals surface area contributed by atoms with Gasteiger partial charge in [0.15, 0.2) is 0 Å². The number of para-hydroxylation sites is 1. The van der Waals surface area contributed by atoms with Crippen molar-refractivity contribution in [3.05, 3.63) is 58.3 Å². The van der Waals surface area contributed by atoms with Crippen LogP contribution >= 0.6 is 15.9 Å². The molecule has 4 nitrogen and oxygen atoms in total. The molecule has 18 heavy (non-hydrogen) atoms. The van der Waals surface area contributed by atoms with Crippen LogP contribution in [0.5, 0.6) is 0 Å². The zero-order valence-corrected chi connectivity index (χ0v) is 11.1. The van der Waals surface area contributed by atoms with Gasteiger partial charge in [0.05, 0.1) is 11.3 Å². The van der Waals surface area contributed by atoms with Gasteiger partial charge in [-0.25, -0.2) is 0 Å². The second kappa shape index (κ2) is 5.64. The first kappa shape index (κ1) is 12.6. The van der Waals surface area contributed by atoms with Gasteiger partial charge >= 0.3 is 0 Å². The molecule has 0 saturated carbocycles. The molecule has 2 rings (SSSR count). The Bertz CT molecular complexity index is 557. The van der Waals surface area contributed by atoms with E-state index in [2.05, 4.69) is 26.2 Å². The first-order valence-corrected chi connectivity index (χ1v) is 6.19. The molecule has 0 aliphatic carbocycles. The van der Waals surface area contributed by atoms with Gasteiger partial charge in [-0.1, -0.05) is 12.1 Å². The Kier molecular flexibility index (Phi) is 3.94. The van der Waals surface area contributed by atoms with Crippen molar-refractivity contribution < 1.29 is 4.79 Å². The van der Waals surface area contributed by atoms with E-state index >= 15 is 0 Å². The van der Waals surface area contributed by atoms with Gasteiger partial charge in [-0.05, 0) is 39.7 Å². The summed E-state index contributed by atoms with van der Waals surface area (Å²) in [4.78, 5) is 15.9. The number of rotatable bonds is 3. The minimum absolute atomic E-state index is 0.197. The van der Waals surface area contributed by atoms with Crippen LogP contribution in [-0.4, -0.2) is 10.9 Å². The smallest absolute Gasteiger partial charge is 0.253 e. The Morgan fingerprint density at radius 2 is 2.17 bits per heavy atom. The van der Waals surface area contributed by atoms with E-state index in [9.17, 15) is 4.79 Å². The molecule has 1 aromatic heterocycles. The highest BCUT2D eigenvalue weighted by Gasteiger charge is 2.10. The SMILES string of the molecule is Nc1c(Br)cccc1C(=O)NCc1cccnc1. The lowest BCUT2D eigenvalue weighted by Gasteiger charge is -2.08. The molecular formula is C13H12BrN3O. The maximum atomic E-state index is 12.0. The number of anilines is 1. The van der Waals surface area contributed by atoms with Crippen LogP contribution in [0.4, 0.5) is 5.69 Å². The van der Waals surface area contributed by atoms with E-state index in [1.54, 1.807) is 30.6 Å². The van der Waals surface area contributed by atoms with Crippen molar-refractivity contribution in [2.75, 3.05) is 5.73 Å². The van der Waals surface area contributed by atoms with Gasteiger partial charge in [0.1, 0.15) is 0 Å². The zero-order chi connectivity index (χ0) is 13.0. The zero-order valence-electron chi connectivity index (χ0n) is 9.56. The first-order chi connectivity index (χ1) is 8.68. The van der Waals surface area contributed by atoms with Crippen LogP contribution < -0.4 is 11.1 Å². The summed E-state index contributed by atoms with van der Waals surface area (Å²) >= 11 is 3.30. The van der Waals surface area contributed by atoms with Crippen LogP contribution in [0.2, 0.25) is 0 Å². The van der Waals surface area contributed by atoms with Gasteiger partial charge in [-0.15, -0.1) is 0 Å². The molecule has 3 N–H and O–H groups in total. The highest BCUT2D eigenvalue weighted by atomic mass is 79.9. The molecule has 0 aliphatic rings. The standard InChI is InChI=1S/C13H12BrN3O/c14-11-5-1-4-10(12(11)15)13(18)17-8-9-3-2-6-16-7-9/h1-7H,8,15H2,(H,17,18). The molecular weight excluding hydrogens is 294 g/mol. The molecule has 0 atom stereocenters. The number of nitrogens with two attached hydrogens (primary N) is 1. The van der Waals surface area contributed by atoms with Crippen molar-refractivity contribution >= 4 is 27.5 Å². The summed E-state index contributed by atoms with van der Waals surface area (Å²) in [5.74, 6) is -0.197. The quantitative estimate of drug-likeness (QED) is 0.855. The van der Waals surface area contributed by atoms with E-state index in [1.165, 1.54) is 0 Å². The van der Waals surface area contributed by atoms with Crippen LogP contribution in [0, 0.1) is 0 Å². The highest BCUT2D eigenvalue weighted by Crippen LogP contribution is 2.22. The summed E-state index contributed by atoms with van der Waals surface area (Å²) in [5, 5.41) is 2.80. The summed E-state index contributed by atoms with van der Waals surface area (Å²) < 4.78 is 0.719. The lowest BCUT2D eigenvalue weighted by Crippen LogP contribution is -2.23. The highest BCUT2D eigenvalue weighted by molar-refractivity contribution is 9.10. The Morgan fingerprint density at radius 1 is 1.33 bits per heavy atom. The summed E-state index contributed by atoms with van der Waals surface area (Å²) in [7, 11) is 0. The van der Waals surface area contributed by atoms with Crippen molar-refractivity contribution in [2.45, 2.75) is 6.54 Å². The summed E-state index contributed by atoms with van der Waals surface area (Å²) in [6.45, 7) is 0.429. The van der Waals surface area contributed by atoms with Gasteiger partial charge in [0.25, 0.3) is 5.91 Å². The molecule has 0 unspecified atom stereocenters. The van der Waals surface area contributed by atoms with Crippen molar-refractivity contribution in [3.63, 3.8) is 0 Å². The Hall–Kier alpha value is -1.88. The molecule has 1 amide bonds. The monoisotopic (exact) mass is 305 g/mol. The van der Waals surface area contributed by atoms with Crippen molar-refractivity contribution in [3.8, 4) is 0 Å². The van der Waals surface area contributed by atoms with E-state index in [0.717, 1.165) is 10.0 Å². The van der Waals surface area contributed by atoms with Crippen LogP contribution in [0.25, 0.3) is 0 Å². The number of nitrogens with zero attached hydrogens (tertiary/aromatic N) is 1. The number of carbonyl (C=O) groups is 1. The number of carbonyl (C=O) groups excluding carboxylic acids is 1. The van der Waals surface area contributed by atoms with Crippen LogP contribution in [0.15, 0.2) is 47.2 Å². The molecule has 92 valence electrons. The number of nitrogens with one attached hydrogen (secondary N) is 1. The average Bonchev–Trinajstić information content (AvgIpc) is 2.40. The number of pyridine rings is 1. The Morgan fingerprint density at radius 3 is 2.89 bits per heavy atom. The van der Waals surface area contributed by atoms with Gasteiger partial charge < -0.3 is 11.1 Å². The molecule has 1 aromatic carbocycles. The van der Waals surface area contributed by atoms with E-state index in [0.29, 0.717) is 17.8 Å². The molecule has 0 spiro atoms. The van der Waals surface area contributed by atoms with Gasteiger partial charge in [-0.3, -0.25) is 9.78 Å². The molecule has 0 fully saturated rings. The van der Waals surface area contributed by atoms with Crippen molar-refractivity contribution in [1.29, 1.82) is 0 Å². The van der Waals surface area contributed by atoms with Gasteiger partial charge in [-0.2, -0.15) is 0 Å². The number of nitrogen functional groups attached to an aromatic ring is 1. The Balaban J connectivity index is 2.07. The third-order valence-electron chi connectivity index (χ3n) is 2.47.